The Morgan fingerprint density at radius 1 is 1.19 bits per heavy atom. The Labute approximate surface area is 93.1 Å². The fourth-order valence-electron chi connectivity index (χ4n) is 1.17. The molecular weight excluding hydrogens is 206 g/mol. The maximum absolute atomic E-state index is 5.31. The lowest BCUT2D eigenvalue weighted by atomic mass is 10.4. The fourth-order valence-corrected chi connectivity index (χ4v) is 1.17. The number of hydrogen-bond donors (Lipinski definition) is 1. The Morgan fingerprint density at radius 2 is 2.00 bits per heavy atom. The van der Waals surface area contributed by atoms with Gasteiger partial charge >= 0.3 is 0 Å². The third-order valence-electron chi connectivity index (χ3n) is 2.16. The normalized spacial score (nSPS) is 10.4. The van der Waals surface area contributed by atoms with Gasteiger partial charge in [0.1, 0.15) is 5.76 Å². The van der Waals surface area contributed by atoms with Gasteiger partial charge in [-0.05, 0) is 20.8 Å². The molecule has 0 atom stereocenters. The van der Waals surface area contributed by atoms with Gasteiger partial charge in [-0.3, -0.25) is 0 Å². The van der Waals surface area contributed by atoms with Gasteiger partial charge in [0.15, 0.2) is 0 Å². The van der Waals surface area contributed by atoms with Gasteiger partial charge in [0, 0.05) is 0 Å². The molecule has 0 unspecified atom stereocenters. The highest BCUT2D eigenvalue weighted by Crippen LogP contribution is 2.05. The second-order valence-corrected chi connectivity index (χ2v) is 3.52. The minimum atomic E-state index is 0.456. The predicted molar refractivity (Wildman–Crippen MR) is 57.9 cm³/mol. The van der Waals surface area contributed by atoms with Crippen molar-refractivity contribution in [2.45, 2.75) is 27.3 Å². The fraction of sp³-hybridized carbons (Fsp3) is 0.400. The minimum absolute atomic E-state index is 0.456. The molecule has 0 aliphatic rings. The first-order chi connectivity index (χ1) is 7.65. The summed E-state index contributed by atoms with van der Waals surface area (Å²) in [5.41, 5.74) is 1.69. The van der Waals surface area contributed by atoms with Crippen molar-refractivity contribution in [1.29, 1.82) is 0 Å². The number of aromatic nitrogens is 4. The van der Waals surface area contributed by atoms with Crippen LogP contribution in [-0.4, -0.2) is 20.2 Å². The molecule has 2 heterocycles. The molecule has 0 saturated heterocycles. The molecule has 0 aliphatic heterocycles. The standard InChI is InChI=1S/C10H13N5O/c1-6-4-11-9(16-6)5-12-10-13-7(2)8(3)14-15-10/h4H,5H2,1-3H3,(H,12,13,15). The van der Waals surface area contributed by atoms with E-state index in [1.165, 1.54) is 0 Å². The van der Waals surface area contributed by atoms with Crippen molar-refractivity contribution >= 4 is 5.95 Å². The van der Waals surface area contributed by atoms with Gasteiger partial charge in [0.2, 0.25) is 11.8 Å². The highest BCUT2D eigenvalue weighted by molar-refractivity contribution is 5.24. The van der Waals surface area contributed by atoms with Gasteiger partial charge in [0.25, 0.3) is 0 Å². The van der Waals surface area contributed by atoms with Crippen LogP contribution in [0, 0.1) is 20.8 Å². The van der Waals surface area contributed by atoms with Crippen LogP contribution in [0.3, 0.4) is 0 Å². The van der Waals surface area contributed by atoms with E-state index in [0.29, 0.717) is 18.4 Å². The molecule has 0 fully saturated rings. The number of anilines is 1. The number of nitrogens with one attached hydrogen (secondary N) is 1. The summed E-state index contributed by atoms with van der Waals surface area (Å²) < 4.78 is 5.31. The molecule has 0 amide bonds. The van der Waals surface area contributed by atoms with E-state index < -0.39 is 0 Å². The van der Waals surface area contributed by atoms with Crippen LogP contribution in [0.5, 0.6) is 0 Å². The molecule has 6 nitrogen and oxygen atoms in total. The molecular formula is C10H13N5O. The molecule has 0 bridgehead atoms. The van der Waals surface area contributed by atoms with Crippen molar-refractivity contribution in [1.82, 2.24) is 20.2 Å². The molecule has 2 aromatic rings. The summed E-state index contributed by atoms with van der Waals surface area (Å²) in [4.78, 5) is 8.31. The van der Waals surface area contributed by atoms with Crippen LogP contribution in [-0.2, 0) is 6.54 Å². The molecule has 2 aromatic heterocycles. The van der Waals surface area contributed by atoms with Crippen LogP contribution >= 0.6 is 0 Å². The summed E-state index contributed by atoms with van der Waals surface area (Å²) in [5, 5.41) is 10.9. The lowest BCUT2D eigenvalue weighted by Crippen LogP contribution is -2.07. The lowest BCUT2D eigenvalue weighted by molar-refractivity contribution is 0.478. The van der Waals surface area contributed by atoms with E-state index in [4.69, 9.17) is 4.42 Å². The monoisotopic (exact) mass is 219 g/mol. The smallest absolute Gasteiger partial charge is 0.243 e. The average Bonchev–Trinajstić information content (AvgIpc) is 2.66. The summed E-state index contributed by atoms with van der Waals surface area (Å²) in [7, 11) is 0. The zero-order chi connectivity index (χ0) is 11.5. The van der Waals surface area contributed by atoms with E-state index in [1.807, 2.05) is 20.8 Å². The maximum atomic E-state index is 5.31. The van der Waals surface area contributed by atoms with Crippen LogP contribution in [0.1, 0.15) is 23.0 Å². The molecule has 2 rings (SSSR count). The Hall–Kier alpha value is -1.98. The van der Waals surface area contributed by atoms with Crippen LogP contribution in [0.4, 0.5) is 5.95 Å². The van der Waals surface area contributed by atoms with E-state index in [2.05, 4.69) is 25.5 Å². The zero-order valence-electron chi connectivity index (χ0n) is 9.48. The summed E-state index contributed by atoms with van der Waals surface area (Å²) in [6, 6.07) is 0. The average molecular weight is 219 g/mol. The van der Waals surface area contributed by atoms with Gasteiger partial charge in [-0.15, -0.1) is 5.10 Å². The Morgan fingerprint density at radius 3 is 2.62 bits per heavy atom. The van der Waals surface area contributed by atoms with E-state index in [-0.39, 0.29) is 0 Å². The number of aryl methyl sites for hydroxylation is 3. The molecule has 6 heteroatoms. The van der Waals surface area contributed by atoms with Crippen molar-refractivity contribution < 1.29 is 4.42 Å². The van der Waals surface area contributed by atoms with Crippen LogP contribution < -0.4 is 5.32 Å². The van der Waals surface area contributed by atoms with Crippen LogP contribution in [0.15, 0.2) is 10.6 Å². The molecule has 84 valence electrons. The molecule has 0 aliphatic carbocycles. The lowest BCUT2D eigenvalue weighted by Gasteiger charge is -2.02. The second-order valence-electron chi connectivity index (χ2n) is 3.52. The van der Waals surface area contributed by atoms with Crippen molar-refractivity contribution in [3.63, 3.8) is 0 Å². The van der Waals surface area contributed by atoms with Crippen LogP contribution in [0.25, 0.3) is 0 Å². The second kappa shape index (κ2) is 4.26. The van der Waals surface area contributed by atoms with Crippen molar-refractivity contribution in [3.8, 4) is 0 Å². The SMILES string of the molecule is Cc1cnc(CNc2nnc(C)c(C)n2)o1. The summed E-state index contributed by atoms with van der Waals surface area (Å²) in [6.07, 6.45) is 1.68. The van der Waals surface area contributed by atoms with Gasteiger partial charge < -0.3 is 9.73 Å². The van der Waals surface area contributed by atoms with Crippen molar-refractivity contribution in [2.24, 2.45) is 0 Å². The summed E-state index contributed by atoms with van der Waals surface area (Å²) in [5.74, 6) is 1.88. The predicted octanol–water partition coefficient (Wildman–Crippen LogP) is 1.40. The largest absolute Gasteiger partial charge is 0.444 e. The first-order valence-electron chi connectivity index (χ1n) is 4.98. The van der Waals surface area contributed by atoms with Crippen molar-refractivity contribution in [2.75, 3.05) is 5.32 Å². The van der Waals surface area contributed by atoms with E-state index in [0.717, 1.165) is 17.1 Å². The summed E-state index contributed by atoms with van der Waals surface area (Å²) in [6.45, 7) is 6.07. The maximum Gasteiger partial charge on any atom is 0.243 e. The molecule has 0 aromatic carbocycles. The quantitative estimate of drug-likeness (QED) is 0.840. The van der Waals surface area contributed by atoms with Gasteiger partial charge in [-0.2, -0.15) is 5.10 Å². The topological polar surface area (TPSA) is 76.7 Å². The number of rotatable bonds is 3. The van der Waals surface area contributed by atoms with Crippen LogP contribution in [0.2, 0.25) is 0 Å². The number of nitrogens with zero attached hydrogens (tertiary/aromatic N) is 4. The third kappa shape index (κ3) is 2.33. The molecule has 0 saturated carbocycles. The van der Waals surface area contributed by atoms with E-state index >= 15 is 0 Å². The van der Waals surface area contributed by atoms with E-state index in [9.17, 15) is 0 Å². The highest BCUT2D eigenvalue weighted by atomic mass is 16.4. The zero-order valence-corrected chi connectivity index (χ0v) is 9.48. The first kappa shape index (κ1) is 10.5. The Bertz CT molecular complexity index is 494. The van der Waals surface area contributed by atoms with Crippen molar-refractivity contribution in [3.05, 3.63) is 29.2 Å². The first-order valence-corrected chi connectivity index (χ1v) is 4.98. The molecule has 0 radical (unpaired) electrons. The molecule has 16 heavy (non-hydrogen) atoms. The Kier molecular flexibility index (Phi) is 2.80. The van der Waals surface area contributed by atoms with Gasteiger partial charge in [0.05, 0.1) is 24.1 Å². The van der Waals surface area contributed by atoms with Gasteiger partial charge in [-0.1, -0.05) is 0 Å². The summed E-state index contributed by atoms with van der Waals surface area (Å²) >= 11 is 0. The molecule has 0 spiro atoms. The Balaban J connectivity index is 2.02. The number of hydrogen-bond acceptors (Lipinski definition) is 6. The highest BCUT2D eigenvalue weighted by Gasteiger charge is 2.03. The molecule has 1 N–H and O–H groups in total. The van der Waals surface area contributed by atoms with Gasteiger partial charge in [-0.25, -0.2) is 9.97 Å². The minimum Gasteiger partial charge on any atom is -0.444 e. The third-order valence-corrected chi connectivity index (χ3v) is 2.16. The van der Waals surface area contributed by atoms with E-state index in [1.54, 1.807) is 6.20 Å². The number of oxazole rings is 1.